The van der Waals surface area contributed by atoms with Crippen LogP contribution in [0.2, 0.25) is 0 Å². The first-order valence-corrected chi connectivity index (χ1v) is 5.05. The third kappa shape index (κ3) is 2.15. The Kier molecular flexibility index (Phi) is 2.68. The molecule has 0 fully saturated rings. The lowest BCUT2D eigenvalue weighted by Crippen LogP contribution is -1.96. The van der Waals surface area contributed by atoms with Crippen molar-refractivity contribution in [2.24, 2.45) is 0 Å². The molecule has 2 heterocycles. The number of alkyl halides is 1. The Hall–Kier alpha value is -1.42. The molecule has 0 atom stereocenters. The lowest BCUT2D eigenvalue weighted by molar-refractivity contribution is 0.521. The predicted molar refractivity (Wildman–Crippen MR) is 56.6 cm³/mol. The van der Waals surface area contributed by atoms with E-state index in [4.69, 9.17) is 16.0 Å². The number of nitrogens with zero attached hydrogens (tertiary/aromatic N) is 3. The van der Waals surface area contributed by atoms with E-state index in [2.05, 4.69) is 15.0 Å². The minimum absolute atomic E-state index is 0.368. The van der Waals surface area contributed by atoms with E-state index in [9.17, 15) is 0 Å². The molecule has 0 aliphatic rings. The molecule has 0 aliphatic heterocycles. The molecule has 0 saturated heterocycles. The van der Waals surface area contributed by atoms with Gasteiger partial charge in [0.05, 0.1) is 11.6 Å². The number of oxazole rings is 1. The molecule has 0 aliphatic carbocycles. The molecule has 2 aromatic rings. The van der Waals surface area contributed by atoms with E-state index in [1.54, 1.807) is 13.2 Å². The first kappa shape index (κ1) is 10.1. The van der Waals surface area contributed by atoms with Gasteiger partial charge in [-0.25, -0.2) is 15.0 Å². The number of halogens is 1. The maximum Gasteiger partial charge on any atom is 0.191 e. The van der Waals surface area contributed by atoms with E-state index >= 15 is 0 Å². The van der Waals surface area contributed by atoms with Crippen LogP contribution in [-0.4, -0.2) is 15.0 Å². The molecule has 4 nitrogen and oxygen atoms in total. The van der Waals surface area contributed by atoms with Gasteiger partial charge in [0.25, 0.3) is 0 Å². The van der Waals surface area contributed by atoms with E-state index in [0.29, 0.717) is 23.3 Å². The van der Waals surface area contributed by atoms with E-state index in [1.807, 2.05) is 13.0 Å². The molecule has 5 heteroatoms. The van der Waals surface area contributed by atoms with Crippen molar-refractivity contribution in [3.05, 3.63) is 29.6 Å². The number of aromatic nitrogens is 3. The van der Waals surface area contributed by atoms with Crippen LogP contribution in [0.3, 0.4) is 0 Å². The van der Waals surface area contributed by atoms with Gasteiger partial charge in [0.2, 0.25) is 0 Å². The second kappa shape index (κ2) is 3.98. The summed E-state index contributed by atoms with van der Waals surface area (Å²) in [5, 5.41) is 0. The molecular formula is C10H10ClN3O. The molecule has 0 unspecified atom stereocenters. The van der Waals surface area contributed by atoms with Gasteiger partial charge in [-0.1, -0.05) is 0 Å². The van der Waals surface area contributed by atoms with Crippen LogP contribution in [0.4, 0.5) is 0 Å². The fourth-order valence-electron chi connectivity index (χ4n) is 1.28. The second-order valence-corrected chi connectivity index (χ2v) is 3.48. The van der Waals surface area contributed by atoms with Gasteiger partial charge in [0, 0.05) is 12.6 Å². The summed E-state index contributed by atoms with van der Waals surface area (Å²) in [4.78, 5) is 12.7. The summed E-state index contributed by atoms with van der Waals surface area (Å²) in [6.45, 7) is 3.68. The maximum atomic E-state index is 5.73. The largest absolute Gasteiger partial charge is 0.449 e. The van der Waals surface area contributed by atoms with Crippen LogP contribution in [0, 0.1) is 13.8 Å². The molecule has 0 spiro atoms. The van der Waals surface area contributed by atoms with Gasteiger partial charge in [0.1, 0.15) is 12.0 Å². The minimum atomic E-state index is 0.368. The summed E-state index contributed by atoms with van der Waals surface area (Å²) in [6, 6.07) is 1.85. The molecule has 0 bridgehead atoms. The van der Waals surface area contributed by atoms with Gasteiger partial charge in [-0.3, -0.25) is 0 Å². The van der Waals surface area contributed by atoms with E-state index in [-0.39, 0.29) is 0 Å². The third-order valence-electron chi connectivity index (χ3n) is 1.89. The van der Waals surface area contributed by atoms with Gasteiger partial charge in [-0.2, -0.15) is 0 Å². The van der Waals surface area contributed by atoms with Gasteiger partial charge < -0.3 is 4.42 Å². The van der Waals surface area contributed by atoms with Crippen LogP contribution in [0.1, 0.15) is 17.3 Å². The number of rotatable bonds is 2. The molecule has 2 aromatic heterocycles. The zero-order valence-electron chi connectivity index (χ0n) is 8.49. The summed E-state index contributed by atoms with van der Waals surface area (Å²) in [7, 11) is 0. The normalized spacial score (nSPS) is 10.6. The molecular weight excluding hydrogens is 214 g/mol. The van der Waals surface area contributed by atoms with Gasteiger partial charge in [-0.15, -0.1) is 11.6 Å². The van der Waals surface area contributed by atoms with Crippen molar-refractivity contribution in [2.75, 3.05) is 0 Å². The summed E-state index contributed by atoms with van der Waals surface area (Å²) in [6.07, 6.45) is 1.54. The summed E-state index contributed by atoms with van der Waals surface area (Å²) in [5.41, 5.74) is 2.30. The van der Waals surface area contributed by atoms with Crippen LogP contribution in [0.5, 0.6) is 0 Å². The Balaban J connectivity index is 2.48. The molecule has 0 amide bonds. The lowest BCUT2D eigenvalue weighted by atomic mass is 10.3. The van der Waals surface area contributed by atoms with Gasteiger partial charge in [-0.05, 0) is 13.0 Å². The highest BCUT2D eigenvalue weighted by Crippen LogP contribution is 2.15. The lowest BCUT2D eigenvalue weighted by Gasteiger charge is -2.00. The SMILES string of the molecule is Cc1cc(CCl)nc(-c2coc(C)n2)n1. The van der Waals surface area contributed by atoms with Crippen molar-refractivity contribution in [2.45, 2.75) is 19.7 Å². The van der Waals surface area contributed by atoms with Crippen molar-refractivity contribution < 1.29 is 4.42 Å². The van der Waals surface area contributed by atoms with Crippen molar-refractivity contribution in [3.63, 3.8) is 0 Å². The molecule has 15 heavy (non-hydrogen) atoms. The van der Waals surface area contributed by atoms with Crippen molar-refractivity contribution in [1.29, 1.82) is 0 Å². The predicted octanol–water partition coefficient (Wildman–Crippen LogP) is 2.49. The first-order chi connectivity index (χ1) is 7.19. The quantitative estimate of drug-likeness (QED) is 0.734. The van der Waals surface area contributed by atoms with Crippen LogP contribution in [-0.2, 0) is 5.88 Å². The topological polar surface area (TPSA) is 51.8 Å². The third-order valence-corrected chi connectivity index (χ3v) is 2.17. The number of hydrogen-bond acceptors (Lipinski definition) is 4. The Bertz CT molecular complexity index is 481. The first-order valence-electron chi connectivity index (χ1n) is 4.52. The second-order valence-electron chi connectivity index (χ2n) is 3.21. The van der Waals surface area contributed by atoms with E-state index in [0.717, 1.165) is 11.4 Å². The van der Waals surface area contributed by atoms with E-state index in [1.165, 1.54) is 0 Å². The zero-order chi connectivity index (χ0) is 10.8. The summed E-state index contributed by atoms with van der Waals surface area (Å²) < 4.78 is 5.11. The zero-order valence-corrected chi connectivity index (χ0v) is 9.25. The molecule has 0 radical (unpaired) electrons. The molecule has 0 saturated carbocycles. The Morgan fingerprint density at radius 2 is 2.07 bits per heavy atom. The van der Waals surface area contributed by atoms with E-state index < -0.39 is 0 Å². The highest BCUT2D eigenvalue weighted by Gasteiger charge is 2.08. The molecule has 0 N–H and O–H groups in total. The smallest absolute Gasteiger partial charge is 0.191 e. The van der Waals surface area contributed by atoms with Crippen molar-refractivity contribution in [3.8, 4) is 11.5 Å². The number of aryl methyl sites for hydroxylation is 2. The average molecular weight is 224 g/mol. The summed E-state index contributed by atoms with van der Waals surface area (Å²) in [5.74, 6) is 1.53. The van der Waals surface area contributed by atoms with Crippen LogP contribution in [0.15, 0.2) is 16.7 Å². The maximum absolute atomic E-state index is 5.73. The van der Waals surface area contributed by atoms with Crippen molar-refractivity contribution in [1.82, 2.24) is 15.0 Å². The monoisotopic (exact) mass is 223 g/mol. The molecule has 0 aromatic carbocycles. The molecule has 2 rings (SSSR count). The highest BCUT2D eigenvalue weighted by atomic mass is 35.5. The fourth-order valence-corrected chi connectivity index (χ4v) is 1.42. The Morgan fingerprint density at radius 3 is 2.67 bits per heavy atom. The van der Waals surface area contributed by atoms with Crippen LogP contribution in [0.25, 0.3) is 11.5 Å². The Labute approximate surface area is 92.3 Å². The minimum Gasteiger partial charge on any atom is -0.449 e. The van der Waals surface area contributed by atoms with Gasteiger partial charge in [0.15, 0.2) is 11.7 Å². The van der Waals surface area contributed by atoms with Gasteiger partial charge >= 0.3 is 0 Å². The fraction of sp³-hybridized carbons (Fsp3) is 0.300. The van der Waals surface area contributed by atoms with Crippen molar-refractivity contribution >= 4 is 11.6 Å². The molecule has 78 valence electrons. The average Bonchev–Trinajstić information content (AvgIpc) is 2.64. The number of hydrogen-bond donors (Lipinski definition) is 0. The Morgan fingerprint density at radius 1 is 1.27 bits per heavy atom. The van der Waals surface area contributed by atoms with Crippen LogP contribution < -0.4 is 0 Å². The highest BCUT2D eigenvalue weighted by molar-refractivity contribution is 6.16. The summed E-state index contributed by atoms with van der Waals surface area (Å²) >= 11 is 5.73. The van der Waals surface area contributed by atoms with Crippen LogP contribution >= 0.6 is 11.6 Å². The standard InChI is InChI=1S/C10H10ClN3O/c1-6-3-8(4-11)14-10(12-6)9-5-15-7(2)13-9/h3,5H,4H2,1-2H3.